The maximum Gasteiger partial charge on any atom is 0.0835 e. The molecule has 0 saturated carbocycles. The number of para-hydroxylation sites is 1. The van der Waals surface area contributed by atoms with E-state index in [1.807, 2.05) is 41.2 Å². The van der Waals surface area contributed by atoms with Crippen molar-refractivity contribution in [3.05, 3.63) is 77.6 Å². The van der Waals surface area contributed by atoms with Crippen LogP contribution in [0.2, 0.25) is 0 Å². The minimum atomic E-state index is 0.205. The summed E-state index contributed by atoms with van der Waals surface area (Å²) in [6, 6.07) is 19.0. The van der Waals surface area contributed by atoms with Crippen LogP contribution >= 0.6 is 0 Å². The topological polar surface area (TPSA) is 30.7 Å². The van der Waals surface area contributed by atoms with E-state index in [0.29, 0.717) is 0 Å². The van der Waals surface area contributed by atoms with E-state index in [4.69, 9.17) is 0 Å². The molecule has 0 saturated heterocycles. The quantitative estimate of drug-likeness (QED) is 0.717. The molecule has 118 valence electrons. The number of hydrogen-bond donors (Lipinski definition) is 0. The predicted octanol–water partition coefficient (Wildman–Crippen LogP) is 4.35. The van der Waals surface area contributed by atoms with E-state index in [2.05, 4.69) is 55.3 Å². The number of hydrogen-bond acceptors (Lipinski definition) is 2. The lowest BCUT2D eigenvalue weighted by molar-refractivity contribution is 0.590. The molecule has 0 atom stereocenters. The third kappa shape index (κ3) is 3.86. The highest BCUT2D eigenvalue weighted by atomic mass is 15.4. The average Bonchev–Trinajstić information content (AvgIpc) is 3.02. The van der Waals surface area contributed by atoms with E-state index < -0.39 is 0 Å². The van der Waals surface area contributed by atoms with Crippen molar-refractivity contribution < 1.29 is 0 Å². The van der Waals surface area contributed by atoms with Crippen molar-refractivity contribution in [2.45, 2.75) is 39.0 Å². The summed E-state index contributed by atoms with van der Waals surface area (Å²) in [6.45, 7) is 6.72. The SMILES string of the molecule is CC(C)(C)c1ccc(CCc2cn(-c3ccccc3)nn2)cc1. The zero-order valence-electron chi connectivity index (χ0n) is 14.0. The van der Waals surface area contributed by atoms with Gasteiger partial charge in [-0.2, -0.15) is 0 Å². The van der Waals surface area contributed by atoms with Gasteiger partial charge in [0.2, 0.25) is 0 Å². The van der Waals surface area contributed by atoms with Gasteiger partial charge < -0.3 is 0 Å². The zero-order chi connectivity index (χ0) is 16.3. The summed E-state index contributed by atoms with van der Waals surface area (Å²) in [6.07, 6.45) is 3.90. The number of aryl methyl sites for hydroxylation is 2. The molecule has 0 N–H and O–H groups in total. The summed E-state index contributed by atoms with van der Waals surface area (Å²) in [5.74, 6) is 0. The standard InChI is InChI=1S/C20H23N3/c1-20(2,3)17-12-9-16(10-13-17)11-14-18-15-23(22-21-18)19-7-5-4-6-8-19/h4-10,12-13,15H,11,14H2,1-3H3. The molecule has 2 aromatic carbocycles. The van der Waals surface area contributed by atoms with Crippen molar-refractivity contribution in [1.82, 2.24) is 15.0 Å². The monoisotopic (exact) mass is 305 g/mol. The summed E-state index contributed by atoms with van der Waals surface area (Å²) in [5.41, 5.74) is 4.98. The molecule has 0 unspecified atom stereocenters. The molecule has 1 heterocycles. The molecule has 23 heavy (non-hydrogen) atoms. The van der Waals surface area contributed by atoms with Crippen LogP contribution in [0.3, 0.4) is 0 Å². The second-order valence-electron chi connectivity index (χ2n) is 6.94. The van der Waals surface area contributed by atoms with Crippen LogP contribution in [0.25, 0.3) is 5.69 Å². The van der Waals surface area contributed by atoms with E-state index in [-0.39, 0.29) is 5.41 Å². The molecule has 0 spiro atoms. The van der Waals surface area contributed by atoms with E-state index in [9.17, 15) is 0 Å². The van der Waals surface area contributed by atoms with Gasteiger partial charge in [0.05, 0.1) is 17.6 Å². The molecule has 0 radical (unpaired) electrons. The van der Waals surface area contributed by atoms with Gasteiger partial charge in [-0.1, -0.05) is 68.4 Å². The number of rotatable bonds is 4. The van der Waals surface area contributed by atoms with Gasteiger partial charge in [-0.15, -0.1) is 5.10 Å². The first-order valence-electron chi connectivity index (χ1n) is 8.08. The van der Waals surface area contributed by atoms with E-state index >= 15 is 0 Å². The van der Waals surface area contributed by atoms with Gasteiger partial charge in [0.25, 0.3) is 0 Å². The van der Waals surface area contributed by atoms with Crippen LogP contribution in [0.4, 0.5) is 0 Å². The van der Waals surface area contributed by atoms with Crippen LogP contribution in [-0.2, 0) is 18.3 Å². The Balaban J connectivity index is 1.64. The molecule has 3 heteroatoms. The van der Waals surface area contributed by atoms with Crippen molar-refractivity contribution in [3.8, 4) is 5.69 Å². The van der Waals surface area contributed by atoms with Gasteiger partial charge in [-0.05, 0) is 41.5 Å². The molecule has 0 aliphatic heterocycles. The minimum absolute atomic E-state index is 0.205. The second kappa shape index (κ2) is 6.37. The van der Waals surface area contributed by atoms with Crippen LogP contribution in [0.1, 0.15) is 37.6 Å². The summed E-state index contributed by atoms with van der Waals surface area (Å²) in [7, 11) is 0. The molecule has 3 rings (SSSR count). The first-order chi connectivity index (χ1) is 11.0. The Bertz CT molecular complexity index is 750. The lowest BCUT2D eigenvalue weighted by Gasteiger charge is -2.19. The van der Waals surface area contributed by atoms with Crippen LogP contribution < -0.4 is 0 Å². The molecule has 0 aliphatic carbocycles. The van der Waals surface area contributed by atoms with Crippen LogP contribution in [0.15, 0.2) is 60.8 Å². The number of benzene rings is 2. The fourth-order valence-electron chi connectivity index (χ4n) is 2.56. The first-order valence-corrected chi connectivity index (χ1v) is 8.08. The normalized spacial score (nSPS) is 11.6. The Morgan fingerprint density at radius 1 is 0.870 bits per heavy atom. The van der Waals surface area contributed by atoms with E-state index in [1.54, 1.807) is 0 Å². The van der Waals surface area contributed by atoms with Gasteiger partial charge in [0.15, 0.2) is 0 Å². The van der Waals surface area contributed by atoms with E-state index in [1.165, 1.54) is 11.1 Å². The molecule has 1 aromatic heterocycles. The molecule has 3 nitrogen and oxygen atoms in total. The fraction of sp³-hybridized carbons (Fsp3) is 0.300. The highest BCUT2D eigenvalue weighted by Crippen LogP contribution is 2.22. The van der Waals surface area contributed by atoms with Gasteiger partial charge in [-0.25, -0.2) is 4.68 Å². The smallest absolute Gasteiger partial charge is 0.0835 e. The maximum absolute atomic E-state index is 4.28. The Kier molecular flexibility index (Phi) is 4.28. The molecule has 0 aliphatic rings. The van der Waals surface area contributed by atoms with Gasteiger partial charge in [0.1, 0.15) is 0 Å². The van der Waals surface area contributed by atoms with E-state index in [0.717, 1.165) is 24.2 Å². The summed E-state index contributed by atoms with van der Waals surface area (Å²) in [5, 5.41) is 8.49. The Hall–Kier alpha value is -2.42. The van der Waals surface area contributed by atoms with Crippen molar-refractivity contribution in [2.75, 3.05) is 0 Å². The van der Waals surface area contributed by atoms with Crippen molar-refractivity contribution in [3.63, 3.8) is 0 Å². The molecule has 3 aromatic rings. The summed E-state index contributed by atoms with van der Waals surface area (Å²) >= 11 is 0. The Morgan fingerprint density at radius 2 is 1.57 bits per heavy atom. The Morgan fingerprint density at radius 3 is 2.22 bits per heavy atom. The lowest BCUT2D eigenvalue weighted by atomic mass is 9.86. The molecular formula is C20H23N3. The average molecular weight is 305 g/mol. The zero-order valence-corrected chi connectivity index (χ0v) is 14.0. The number of nitrogens with zero attached hydrogens (tertiary/aromatic N) is 3. The second-order valence-corrected chi connectivity index (χ2v) is 6.94. The molecule has 0 amide bonds. The summed E-state index contributed by atoms with van der Waals surface area (Å²) < 4.78 is 1.83. The van der Waals surface area contributed by atoms with Crippen molar-refractivity contribution in [2.24, 2.45) is 0 Å². The highest BCUT2D eigenvalue weighted by molar-refractivity contribution is 5.30. The predicted molar refractivity (Wildman–Crippen MR) is 93.9 cm³/mol. The first kappa shape index (κ1) is 15.5. The van der Waals surface area contributed by atoms with Crippen molar-refractivity contribution >= 4 is 0 Å². The van der Waals surface area contributed by atoms with Gasteiger partial charge in [-0.3, -0.25) is 0 Å². The van der Waals surface area contributed by atoms with Crippen molar-refractivity contribution in [1.29, 1.82) is 0 Å². The largest absolute Gasteiger partial charge is 0.220 e. The highest BCUT2D eigenvalue weighted by Gasteiger charge is 2.12. The summed E-state index contributed by atoms with van der Waals surface area (Å²) in [4.78, 5) is 0. The van der Waals surface area contributed by atoms with Crippen LogP contribution in [-0.4, -0.2) is 15.0 Å². The third-order valence-electron chi connectivity index (χ3n) is 4.05. The minimum Gasteiger partial charge on any atom is -0.220 e. The fourth-order valence-corrected chi connectivity index (χ4v) is 2.56. The van der Waals surface area contributed by atoms with Crippen LogP contribution in [0, 0.1) is 0 Å². The Labute approximate surface area is 138 Å². The molecular weight excluding hydrogens is 282 g/mol. The van der Waals surface area contributed by atoms with Gasteiger partial charge >= 0.3 is 0 Å². The molecule has 0 fully saturated rings. The molecule has 0 bridgehead atoms. The van der Waals surface area contributed by atoms with Crippen LogP contribution in [0.5, 0.6) is 0 Å². The maximum atomic E-state index is 4.28. The lowest BCUT2D eigenvalue weighted by Crippen LogP contribution is -2.10. The third-order valence-corrected chi connectivity index (χ3v) is 4.05. The number of aromatic nitrogens is 3. The van der Waals surface area contributed by atoms with Gasteiger partial charge in [0, 0.05) is 0 Å².